The summed E-state index contributed by atoms with van der Waals surface area (Å²) in [6.07, 6.45) is 4.32. The van der Waals surface area contributed by atoms with Gasteiger partial charge in [0.1, 0.15) is 24.1 Å². The Bertz CT molecular complexity index is 736. The summed E-state index contributed by atoms with van der Waals surface area (Å²) in [6.45, 7) is 2.72. The fraction of sp³-hybridized carbons (Fsp3) is 0.533. The molecule has 0 radical (unpaired) electrons. The number of aryl methyl sites for hydroxylation is 2. The molecular formula is C15H20N6O3. The highest BCUT2D eigenvalue weighted by atomic mass is 16.6. The lowest BCUT2D eigenvalue weighted by atomic mass is 10.1. The molecule has 24 heavy (non-hydrogen) atoms. The van der Waals surface area contributed by atoms with Crippen LogP contribution in [0.1, 0.15) is 5.56 Å². The molecule has 2 saturated heterocycles. The summed E-state index contributed by atoms with van der Waals surface area (Å²) in [7, 11) is 1.85. The third-order valence-corrected chi connectivity index (χ3v) is 4.28. The summed E-state index contributed by atoms with van der Waals surface area (Å²) in [6, 6.07) is -0.0491. The first kappa shape index (κ1) is 15.3. The first-order valence-electron chi connectivity index (χ1n) is 7.87. The van der Waals surface area contributed by atoms with Crippen LogP contribution in [0.2, 0.25) is 0 Å². The quantitative estimate of drug-likeness (QED) is 0.729. The fourth-order valence-corrected chi connectivity index (χ4v) is 3.04. The van der Waals surface area contributed by atoms with Crippen molar-refractivity contribution in [2.75, 3.05) is 23.8 Å². The molecule has 9 heteroatoms. The zero-order valence-electron chi connectivity index (χ0n) is 13.5. The average Bonchev–Trinajstić information content (AvgIpc) is 3.23. The Labute approximate surface area is 139 Å². The Hall–Kier alpha value is -2.23. The van der Waals surface area contributed by atoms with Crippen molar-refractivity contribution < 1.29 is 14.6 Å². The number of aliphatic hydroxyl groups excluding tert-OH is 1. The highest BCUT2D eigenvalue weighted by Crippen LogP contribution is 2.29. The molecule has 0 amide bonds. The van der Waals surface area contributed by atoms with E-state index in [1.54, 1.807) is 17.1 Å². The number of hydrogen-bond acceptors (Lipinski definition) is 8. The summed E-state index contributed by atoms with van der Waals surface area (Å²) in [4.78, 5) is 8.82. The molecule has 4 heterocycles. The lowest BCUT2D eigenvalue weighted by molar-refractivity contribution is 0.0184. The van der Waals surface area contributed by atoms with E-state index in [4.69, 9.17) is 9.47 Å². The topological polar surface area (TPSA) is 106 Å². The minimum Gasteiger partial charge on any atom is -0.388 e. The van der Waals surface area contributed by atoms with E-state index < -0.39 is 6.10 Å². The molecule has 9 nitrogen and oxygen atoms in total. The molecule has 3 N–H and O–H groups in total. The van der Waals surface area contributed by atoms with Crippen LogP contribution in [0, 0.1) is 6.92 Å². The van der Waals surface area contributed by atoms with Gasteiger partial charge in [-0.2, -0.15) is 10.1 Å². The molecule has 0 saturated carbocycles. The lowest BCUT2D eigenvalue weighted by Gasteiger charge is -2.19. The smallest absolute Gasteiger partial charge is 0.229 e. The Morgan fingerprint density at radius 2 is 2.08 bits per heavy atom. The first-order valence-corrected chi connectivity index (χ1v) is 7.87. The molecule has 4 atom stereocenters. The van der Waals surface area contributed by atoms with E-state index in [0.29, 0.717) is 19.2 Å². The zero-order chi connectivity index (χ0) is 16.7. The first-order chi connectivity index (χ1) is 11.6. The zero-order valence-corrected chi connectivity index (χ0v) is 13.5. The van der Waals surface area contributed by atoms with Gasteiger partial charge in [0, 0.05) is 25.0 Å². The van der Waals surface area contributed by atoms with Crippen molar-refractivity contribution >= 4 is 17.5 Å². The van der Waals surface area contributed by atoms with Crippen LogP contribution in [0.5, 0.6) is 0 Å². The molecule has 128 valence electrons. The molecule has 0 aromatic carbocycles. The van der Waals surface area contributed by atoms with Crippen molar-refractivity contribution in [3.05, 3.63) is 24.2 Å². The van der Waals surface area contributed by atoms with Crippen LogP contribution < -0.4 is 10.6 Å². The molecule has 4 rings (SSSR count). The van der Waals surface area contributed by atoms with Crippen LogP contribution >= 0.6 is 0 Å². The van der Waals surface area contributed by atoms with E-state index in [9.17, 15) is 5.11 Å². The van der Waals surface area contributed by atoms with Gasteiger partial charge in [-0.15, -0.1) is 0 Å². The summed E-state index contributed by atoms with van der Waals surface area (Å²) in [5.41, 5.74) is 1.74. The summed E-state index contributed by atoms with van der Waals surface area (Å²) >= 11 is 0. The second-order valence-corrected chi connectivity index (χ2v) is 6.17. The number of rotatable bonds is 4. The van der Waals surface area contributed by atoms with Crippen molar-refractivity contribution in [3.8, 4) is 0 Å². The van der Waals surface area contributed by atoms with E-state index >= 15 is 0 Å². The molecule has 2 aliphatic rings. The van der Waals surface area contributed by atoms with Gasteiger partial charge in [0.15, 0.2) is 0 Å². The van der Waals surface area contributed by atoms with Gasteiger partial charge < -0.3 is 25.2 Å². The normalized spacial score (nSPS) is 28.8. The second kappa shape index (κ2) is 6.00. The monoisotopic (exact) mass is 332 g/mol. The maximum Gasteiger partial charge on any atom is 0.229 e. The Morgan fingerprint density at radius 1 is 1.25 bits per heavy atom. The van der Waals surface area contributed by atoms with Gasteiger partial charge in [0.05, 0.1) is 31.1 Å². The van der Waals surface area contributed by atoms with Crippen LogP contribution in [0.25, 0.3) is 0 Å². The Morgan fingerprint density at radius 3 is 2.88 bits per heavy atom. The van der Waals surface area contributed by atoms with Crippen molar-refractivity contribution in [1.82, 2.24) is 19.7 Å². The van der Waals surface area contributed by atoms with Crippen LogP contribution in [0.3, 0.4) is 0 Å². The summed E-state index contributed by atoms with van der Waals surface area (Å²) in [5, 5.41) is 20.4. The van der Waals surface area contributed by atoms with Gasteiger partial charge in [-0.25, -0.2) is 4.98 Å². The number of hydrogen-bond donors (Lipinski definition) is 3. The van der Waals surface area contributed by atoms with Crippen molar-refractivity contribution in [1.29, 1.82) is 0 Å². The number of fused-ring (bicyclic) bond motifs is 1. The maximum atomic E-state index is 9.83. The number of aliphatic hydroxyl groups is 1. The molecule has 0 spiro atoms. The van der Waals surface area contributed by atoms with Crippen molar-refractivity contribution in [2.45, 2.75) is 31.3 Å². The third-order valence-electron chi connectivity index (χ3n) is 4.28. The van der Waals surface area contributed by atoms with E-state index in [-0.39, 0.29) is 18.2 Å². The number of ether oxygens (including phenoxy) is 2. The minimum absolute atomic E-state index is 0.0491. The Kier molecular flexibility index (Phi) is 3.83. The number of anilines is 3. The van der Waals surface area contributed by atoms with Crippen molar-refractivity contribution in [2.24, 2.45) is 7.05 Å². The fourth-order valence-electron chi connectivity index (χ4n) is 3.04. The highest BCUT2D eigenvalue weighted by molar-refractivity contribution is 5.54. The molecule has 2 fully saturated rings. The van der Waals surface area contributed by atoms with Gasteiger partial charge in [-0.1, -0.05) is 0 Å². The third kappa shape index (κ3) is 2.81. The molecule has 2 aromatic rings. The van der Waals surface area contributed by atoms with Crippen LogP contribution in [-0.2, 0) is 16.5 Å². The van der Waals surface area contributed by atoms with Gasteiger partial charge in [0.25, 0.3) is 0 Å². The Balaban J connectivity index is 1.49. The van der Waals surface area contributed by atoms with E-state index in [1.165, 1.54) is 0 Å². The standard InChI is InChI=1S/C15H20N6O3/c1-8-3-16-15(18-9-4-17-21(2)5-9)20-14(8)19-10-6-23-13-11(22)7-24-12(10)13/h3-5,10-13,22H,6-7H2,1-2H3,(H2,16,18,19,20). The van der Waals surface area contributed by atoms with Crippen LogP contribution in [0.4, 0.5) is 17.5 Å². The maximum absolute atomic E-state index is 9.83. The minimum atomic E-state index is -0.559. The predicted molar refractivity (Wildman–Crippen MR) is 86.2 cm³/mol. The SMILES string of the molecule is Cc1cnc(Nc2cnn(C)c2)nc1NC1COC2C(O)COC12. The molecular weight excluding hydrogens is 312 g/mol. The molecule has 2 aliphatic heterocycles. The average molecular weight is 332 g/mol. The summed E-state index contributed by atoms with van der Waals surface area (Å²) < 4.78 is 13.0. The second-order valence-electron chi connectivity index (χ2n) is 6.17. The molecule has 2 aromatic heterocycles. The van der Waals surface area contributed by atoms with E-state index in [2.05, 4.69) is 25.7 Å². The van der Waals surface area contributed by atoms with Gasteiger partial charge in [-0.05, 0) is 6.92 Å². The molecule has 0 aliphatic carbocycles. The molecule has 0 bridgehead atoms. The van der Waals surface area contributed by atoms with Gasteiger partial charge in [0.2, 0.25) is 5.95 Å². The number of nitrogens with zero attached hydrogens (tertiary/aromatic N) is 4. The van der Waals surface area contributed by atoms with Gasteiger partial charge >= 0.3 is 0 Å². The van der Waals surface area contributed by atoms with Gasteiger partial charge in [-0.3, -0.25) is 4.68 Å². The molecule has 4 unspecified atom stereocenters. The lowest BCUT2D eigenvalue weighted by Crippen LogP contribution is -2.36. The number of aromatic nitrogens is 4. The largest absolute Gasteiger partial charge is 0.388 e. The van der Waals surface area contributed by atoms with Crippen LogP contribution in [0.15, 0.2) is 18.6 Å². The predicted octanol–water partition coefficient (Wildman–Crippen LogP) is 0.201. The van der Waals surface area contributed by atoms with E-state index in [1.807, 2.05) is 20.2 Å². The van der Waals surface area contributed by atoms with E-state index in [0.717, 1.165) is 17.1 Å². The van der Waals surface area contributed by atoms with Crippen molar-refractivity contribution in [3.63, 3.8) is 0 Å². The number of nitrogens with one attached hydrogen (secondary N) is 2. The highest BCUT2D eigenvalue weighted by Gasteiger charge is 2.47. The van der Waals surface area contributed by atoms with Crippen LogP contribution in [-0.4, -0.2) is 62.4 Å². The summed E-state index contributed by atoms with van der Waals surface area (Å²) in [5.74, 6) is 1.20.